The van der Waals surface area contributed by atoms with Crippen LogP contribution in [-0.4, -0.2) is 16.7 Å². The van der Waals surface area contributed by atoms with Crippen LogP contribution in [0.2, 0.25) is 0 Å². The smallest absolute Gasteiger partial charge is 0.148 e. The van der Waals surface area contributed by atoms with Crippen LogP contribution in [0, 0.1) is 5.82 Å². The zero-order valence-corrected chi connectivity index (χ0v) is 10.8. The highest BCUT2D eigenvalue weighted by molar-refractivity contribution is 9.10. The fourth-order valence-corrected chi connectivity index (χ4v) is 1.81. The van der Waals surface area contributed by atoms with Crippen LogP contribution >= 0.6 is 15.9 Å². The van der Waals surface area contributed by atoms with Crippen molar-refractivity contribution in [3.05, 3.63) is 40.6 Å². The van der Waals surface area contributed by atoms with Gasteiger partial charge in [0.1, 0.15) is 11.6 Å². The van der Waals surface area contributed by atoms with Crippen LogP contribution in [0.25, 0.3) is 11.3 Å². The van der Waals surface area contributed by atoms with Crippen molar-refractivity contribution in [1.82, 2.24) is 10.2 Å². The largest absolute Gasteiger partial charge is 0.369 e. The Labute approximate surface area is 107 Å². The van der Waals surface area contributed by atoms with Gasteiger partial charge in [0, 0.05) is 16.6 Å². The Morgan fingerprint density at radius 1 is 1.24 bits per heavy atom. The molecule has 3 nitrogen and oxygen atoms in total. The summed E-state index contributed by atoms with van der Waals surface area (Å²) in [5.41, 5.74) is 0.959. The minimum atomic E-state index is -0.307. The molecule has 0 spiro atoms. The van der Waals surface area contributed by atoms with E-state index in [1.807, 2.05) is 6.92 Å². The molecule has 1 aromatic carbocycles. The lowest BCUT2D eigenvalue weighted by Gasteiger charge is -2.04. The molecule has 0 radical (unpaired) electrons. The molecular formula is C12H11BrFN3. The van der Waals surface area contributed by atoms with Crippen molar-refractivity contribution in [3.63, 3.8) is 0 Å². The molecule has 0 bridgehead atoms. The van der Waals surface area contributed by atoms with Gasteiger partial charge in [0.05, 0.1) is 5.69 Å². The summed E-state index contributed by atoms with van der Waals surface area (Å²) in [5, 5.41) is 11.0. The highest BCUT2D eigenvalue weighted by Gasteiger charge is 2.07. The van der Waals surface area contributed by atoms with Gasteiger partial charge in [-0.15, -0.1) is 10.2 Å². The van der Waals surface area contributed by atoms with Crippen molar-refractivity contribution < 1.29 is 4.39 Å². The van der Waals surface area contributed by atoms with Gasteiger partial charge in [0.25, 0.3) is 0 Å². The summed E-state index contributed by atoms with van der Waals surface area (Å²) >= 11 is 3.31. The number of nitrogens with one attached hydrogen (secondary N) is 1. The number of hydrogen-bond donors (Lipinski definition) is 1. The molecule has 0 saturated heterocycles. The molecule has 17 heavy (non-hydrogen) atoms. The first kappa shape index (κ1) is 12.0. The molecule has 1 N–H and O–H groups in total. The first-order chi connectivity index (χ1) is 8.20. The highest BCUT2D eigenvalue weighted by atomic mass is 79.9. The lowest BCUT2D eigenvalue weighted by atomic mass is 10.1. The molecule has 0 aliphatic heterocycles. The molecule has 0 saturated carbocycles. The van der Waals surface area contributed by atoms with Crippen LogP contribution in [0.3, 0.4) is 0 Å². The predicted octanol–water partition coefficient (Wildman–Crippen LogP) is 3.48. The van der Waals surface area contributed by atoms with Crippen LogP contribution < -0.4 is 5.32 Å². The third kappa shape index (κ3) is 2.79. The van der Waals surface area contributed by atoms with Gasteiger partial charge in [-0.3, -0.25) is 0 Å². The van der Waals surface area contributed by atoms with E-state index in [1.165, 1.54) is 6.07 Å². The first-order valence-electron chi connectivity index (χ1n) is 5.23. The van der Waals surface area contributed by atoms with Crippen molar-refractivity contribution in [2.75, 3.05) is 11.9 Å². The Balaban J connectivity index is 2.36. The van der Waals surface area contributed by atoms with E-state index >= 15 is 0 Å². The molecule has 2 aromatic rings. The van der Waals surface area contributed by atoms with E-state index in [1.54, 1.807) is 24.3 Å². The van der Waals surface area contributed by atoms with Crippen molar-refractivity contribution in [1.29, 1.82) is 0 Å². The number of aromatic nitrogens is 2. The predicted molar refractivity (Wildman–Crippen MR) is 69.3 cm³/mol. The lowest BCUT2D eigenvalue weighted by molar-refractivity contribution is 0.630. The zero-order valence-electron chi connectivity index (χ0n) is 9.24. The van der Waals surface area contributed by atoms with Gasteiger partial charge < -0.3 is 5.32 Å². The Kier molecular flexibility index (Phi) is 3.68. The fourth-order valence-electron chi connectivity index (χ4n) is 1.45. The molecule has 0 unspecified atom stereocenters. The van der Waals surface area contributed by atoms with E-state index in [9.17, 15) is 4.39 Å². The van der Waals surface area contributed by atoms with Gasteiger partial charge in [-0.1, -0.05) is 15.9 Å². The van der Waals surface area contributed by atoms with Gasteiger partial charge in [-0.05, 0) is 37.3 Å². The third-order valence-electron chi connectivity index (χ3n) is 2.23. The standard InChI is InChI=1S/C12H11BrFN3/c1-2-15-12-6-5-11(16-17-12)9-7-8(13)3-4-10(9)14/h3-7H,2H2,1H3,(H,15,17). The number of halogens is 2. The zero-order chi connectivity index (χ0) is 12.3. The number of nitrogens with zero attached hydrogens (tertiary/aromatic N) is 2. The van der Waals surface area contributed by atoms with Crippen LogP contribution in [0.1, 0.15) is 6.92 Å². The van der Waals surface area contributed by atoms with Gasteiger partial charge >= 0.3 is 0 Å². The van der Waals surface area contributed by atoms with E-state index in [0.717, 1.165) is 11.0 Å². The second-order valence-electron chi connectivity index (χ2n) is 3.46. The van der Waals surface area contributed by atoms with Crippen LogP contribution in [0.5, 0.6) is 0 Å². The SMILES string of the molecule is CCNc1ccc(-c2cc(Br)ccc2F)nn1. The Morgan fingerprint density at radius 3 is 2.71 bits per heavy atom. The highest BCUT2D eigenvalue weighted by Crippen LogP contribution is 2.24. The quantitative estimate of drug-likeness (QED) is 0.942. The summed E-state index contributed by atoms with van der Waals surface area (Å²) in [6.45, 7) is 2.75. The molecule has 0 fully saturated rings. The number of hydrogen-bond acceptors (Lipinski definition) is 3. The summed E-state index contributed by atoms with van der Waals surface area (Å²) in [7, 11) is 0. The molecule has 1 heterocycles. The van der Waals surface area contributed by atoms with Crippen LogP contribution in [0.15, 0.2) is 34.8 Å². The number of anilines is 1. The van der Waals surface area contributed by atoms with E-state index in [4.69, 9.17) is 0 Å². The fraction of sp³-hybridized carbons (Fsp3) is 0.167. The van der Waals surface area contributed by atoms with Crippen molar-refractivity contribution in [3.8, 4) is 11.3 Å². The number of benzene rings is 1. The Morgan fingerprint density at radius 2 is 2.06 bits per heavy atom. The normalized spacial score (nSPS) is 10.3. The molecule has 0 atom stereocenters. The second kappa shape index (κ2) is 5.23. The Bertz CT molecular complexity index is 514. The molecule has 5 heteroatoms. The van der Waals surface area contributed by atoms with Gasteiger partial charge in [-0.25, -0.2) is 4.39 Å². The maximum Gasteiger partial charge on any atom is 0.148 e. The van der Waals surface area contributed by atoms with Crippen molar-refractivity contribution in [2.24, 2.45) is 0 Å². The minimum Gasteiger partial charge on any atom is -0.369 e. The molecule has 88 valence electrons. The van der Waals surface area contributed by atoms with Gasteiger partial charge in [0.2, 0.25) is 0 Å². The summed E-state index contributed by atoms with van der Waals surface area (Å²) in [5.74, 6) is 0.380. The second-order valence-corrected chi connectivity index (χ2v) is 4.37. The topological polar surface area (TPSA) is 37.8 Å². The average molecular weight is 296 g/mol. The van der Waals surface area contributed by atoms with Crippen LogP contribution in [-0.2, 0) is 0 Å². The average Bonchev–Trinajstić information content (AvgIpc) is 2.34. The van der Waals surface area contributed by atoms with E-state index in [-0.39, 0.29) is 5.82 Å². The summed E-state index contributed by atoms with van der Waals surface area (Å²) in [6, 6.07) is 8.27. The maximum atomic E-state index is 13.6. The summed E-state index contributed by atoms with van der Waals surface area (Å²) < 4.78 is 14.4. The first-order valence-corrected chi connectivity index (χ1v) is 6.03. The van der Waals surface area contributed by atoms with E-state index < -0.39 is 0 Å². The molecular weight excluding hydrogens is 285 g/mol. The van der Waals surface area contributed by atoms with Gasteiger partial charge in [0.15, 0.2) is 0 Å². The van der Waals surface area contributed by atoms with Crippen LogP contribution in [0.4, 0.5) is 10.2 Å². The molecule has 2 rings (SSSR count). The minimum absolute atomic E-state index is 0.307. The van der Waals surface area contributed by atoms with Crippen molar-refractivity contribution >= 4 is 21.7 Å². The third-order valence-corrected chi connectivity index (χ3v) is 2.72. The molecule has 1 aromatic heterocycles. The van der Waals surface area contributed by atoms with Gasteiger partial charge in [-0.2, -0.15) is 0 Å². The number of rotatable bonds is 3. The molecule has 0 aliphatic carbocycles. The summed E-state index contributed by atoms with van der Waals surface area (Å²) in [6.07, 6.45) is 0. The van der Waals surface area contributed by atoms with Crippen molar-refractivity contribution in [2.45, 2.75) is 6.92 Å². The van der Waals surface area contributed by atoms with E-state index in [2.05, 4.69) is 31.4 Å². The monoisotopic (exact) mass is 295 g/mol. The lowest BCUT2D eigenvalue weighted by Crippen LogP contribution is -2.01. The summed E-state index contributed by atoms with van der Waals surface area (Å²) in [4.78, 5) is 0. The molecule has 0 amide bonds. The van der Waals surface area contributed by atoms with E-state index in [0.29, 0.717) is 17.1 Å². The molecule has 0 aliphatic rings. The maximum absolute atomic E-state index is 13.6. The Hall–Kier alpha value is -1.49.